The average Bonchev–Trinajstić information content (AvgIpc) is 3.10. The van der Waals surface area contributed by atoms with Gasteiger partial charge in [0.2, 0.25) is 5.89 Å². The second-order valence-corrected chi connectivity index (χ2v) is 6.67. The van der Waals surface area contributed by atoms with Crippen LogP contribution in [0.5, 0.6) is 0 Å². The van der Waals surface area contributed by atoms with E-state index in [2.05, 4.69) is 29.0 Å². The number of aryl methyl sites for hydroxylation is 1. The van der Waals surface area contributed by atoms with E-state index in [1.807, 2.05) is 66.7 Å². The summed E-state index contributed by atoms with van der Waals surface area (Å²) in [5, 5.41) is 0.728. The zero-order valence-electron chi connectivity index (χ0n) is 14.8. The van der Waals surface area contributed by atoms with Crippen molar-refractivity contribution in [2.24, 2.45) is 4.99 Å². The number of oxazole rings is 1. The number of fused-ring (bicyclic) bond motifs is 1. The Morgan fingerprint density at radius 2 is 1.85 bits per heavy atom. The summed E-state index contributed by atoms with van der Waals surface area (Å²) in [6, 6.07) is 21.5. The minimum absolute atomic E-state index is 0.623. The normalized spacial score (nSPS) is 11.8. The van der Waals surface area contributed by atoms with E-state index in [1.165, 1.54) is 5.56 Å². The second-order valence-electron chi connectivity index (χ2n) is 6.23. The lowest BCUT2D eigenvalue weighted by Crippen LogP contribution is -1.78. The summed E-state index contributed by atoms with van der Waals surface area (Å²) in [6.45, 7) is 2.05. The Kier molecular flexibility index (Phi) is 4.86. The highest BCUT2D eigenvalue weighted by atomic mass is 35.5. The Morgan fingerprint density at radius 3 is 2.67 bits per heavy atom. The van der Waals surface area contributed by atoms with Gasteiger partial charge in [0.05, 0.1) is 5.69 Å². The number of benzene rings is 3. The van der Waals surface area contributed by atoms with Gasteiger partial charge in [0.1, 0.15) is 5.52 Å². The number of hydrogen-bond donors (Lipinski definition) is 0. The van der Waals surface area contributed by atoms with E-state index in [9.17, 15) is 0 Å². The van der Waals surface area contributed by atoms with Crippen LogP contribution in [0.4, 0.5) is 5.69 Å². The molecule has 0 unspecified atom stereocenters. The smallest absolute Gasteiger partial charge is 0.227 e. The first kappa shape index (κ1) is 17.3. The van der Waals surface area contributed by atoms with Crippen molar-refractivity contribution in [2.75, 3.05) is 0 Å². The molecule has 1 aromatic heterocycles. The molecule has 0 saturated carbocycles. The molecule has 4 aromatic rings. The van der Waals surface area contributed by atoms with E-state index in [4.69, 9.17) is 16.0 Å². The fourth-order valence-electron chi connectivity index (χ4n) is 2.75. The van der Waals surface area contributed by atoms with Crippen molar-refractivity contribution in [3.63, 3.8) is 0 Å². The van der Waals surface area contributed by atoms with Crippen LogP contribution in [0.15, 0.2) is 82.2 Å². The van der Waals surface area contributed by atoms with Crippen LogP contribution in [0, 0.1) is 6.92 Å². The molecule has 0 atom stereocenters. The van der Waals surface area contributed by atoms with Crippen molar-refractivity contribution >= 4 is 40.7 Å². The van der Waals surface area contributed by atoms with Crippen LogP contribution in [0.25, 0.3) is 28.6 Å². The molecule has 0 spiro atoms. The fraction of sp³-hybridized carbons (Fsp3) is 0.0435. The molecule has 0 aliphatic rings. The quantitative estimate of drug-likeness (QED) is 0.366. The summed E-state index contributed by atoms with van der Waals surface area (Å²) in [6.07, 6.45) is 5.63. The van der Waals surface area contributed by atoms with Gasteiger partial charge in [-0.3, -0.25) is 4.99 Å². The van der Waals surface area contributed by atoms with Gasteiger partial charge in [-0.25, -0.2) is 4.98 Å². The molecule has 0 bridgehead atoms. The van der Waals surface area contributed by atoms with Gasteiger partial charge in [-0.1, -0.05) is 47.5 Å². The molecule has 3 nitrogen and oxygen atoms in total. The van der Waals surface area contributed by atoms with Crippen LogP contribution in [0.1, 0.15) is 11.1 Å². The number of rotatable bonds is 4. The molecule has 0 aliphatic carbocycles. The Bertz CT molecular complexity index is 1140. The van der Waals surface area contributed by atoms with Gasteiger partial charge in [-0.2, -0.15) is 0 Å². The lowest BCUT2D eigenvalue weighted by Gasteiger charge is -1.95. The lowest BCUT2D eigenvalue weighted by molar-refractivity contribution is 0.620. The Morgan fingerprint density at radius 1 is 1.00 bits per heavy atom. The molecule has 1 heterocycles. The maximum atomic E-state index is 5.89. The summed E-state index contributed by atoms with van der Waals surface area (Å²) in [5.41, 5.74) is 5.59. The van der Waals surface area contributed by atoms with Gasteiger partial charge in [-0.15, -0.1) is 0 Å². The highest BCUT2D eigenvalue weighted by Gasteiger charge is 2.08. The summed E-state index contributed by atoms with van der Waals surface area (Å²) >= 11 is 5.89. The summed E-state index contributed by atoms with van der Waals surface area (Å²) < 4.78 is 5.87. The van der Waals surface area contributed by atoms with E-state index in [-0.39, 0.29) is 0 Å². The molecule has 0 radical (unpaired) electrons. The first-order valence-corrected chi connectivity index (χ1v) is 8.99. The SMILES string of the molecule is Cc1cccc(-c2nc3cc(N=C/C=C/c4ccc(Cl)cc4)ccc3o2)c1. The zero-order chi connectivity index (χ0) is 18.6. The third-order valence-corrected chi connectivity index (χ3v) is 4.36. The molecule has 0 amide bonds. The van der Waals surface area contributed by atoms with Crippen molar-refractivity contribution < 1.29 is 4.42 Å². The molecular weight excluding hydrogens is 356 g/mol. The zero-order valence-corrected chi connectivity index (χ0v) is 15.5. The van der Waals surface area contributed by atoms with Crippen LogP contribution in [-0.4, -0.2) is 11.2 Å². The Hall–Kier alpha value is -3.17. The fourth-order valence-corrected chi connectivity index (χ4v) is 2.88. The average molecular weight is 373 g/mol. The number of hydrogen-bond acceptors (Lipinski definition) is 3. The summed E-state index contributed by atoms with van der Waals surface area (Å²) in [7, 11) is 0. The number of aliphatic imine (C=N–C) groups is 1. The summed E-state index contributed by atoms with van der Waals surface area (Å²) in [4.78, 5) is 9.06. The largest absolute Gasteiger partial charge is 0.436 e. The maximum absolute atomic E-state index is 5.89. The van der Waals surface area contributed by atoms with Gasteiger partial charge < -0.3 is 4.42 Å². The van der Waals surface area contributed by atoms with Crippen LogP contribution in [0.3, 0.4) is 0 Å². The van der Waals surface area contributed by atoms with E-state index in [0.717, 1.165) is 32.9 Å². The first-order chi connectivity index (χ1) is 13.2. The number of allylic oxidation sites excluding steroid dienone is 1. The van der Waals surface area contributed by atoms with Crippen LogP contribution in [-0.2, 0) is 0 Å². The Balaban J connectivity index is 1.53. The van der Waals surface area contributed by atoms with E-state index < -0.39 is 0 Å². The molecule has 4 rings (SSSR count). The van der Waals surface area contributed by atoms with Gasteiger partial charge in [-0.05, 0) is 61.0 Å². The van der Waals surface area contributed by atoms with Crippen LogP contribution < -0.4 is 0 Å². The molecule has 27 heavy (non-hydrogen) atoms. The minimum atomic E-state index is 0.623. The van der Waals surface area contributed by atoms with E-state index >= 15 is 0 Å². The molecule has 0 aliphatic heterocycles. The van der Waals surface area contributed by atoms with Crippen LogP contribution >= 0.6 is 11.6 Å². The van der Waals surface area contributed by atoms with Gasteiger partial charge in [0.25, 0.3) is 0 Å². The molecule has 4 heteroatoms. The van der Waals surface area contributed by atoms with Gasteiger partial charge in [0.15, 0.2) is 5.58 Å². The van der Waals surface area contributed by atoms with E-state index in [0.29, 0.717) is 5.89 Å². The van der Waals surface area contributed by atoms with Crippen molar-refractivity contribution in [1.29, 1.82) is 0 Å². The first-order valence-electron chi connectivity index (χ1n) is 8.61. The third kappa shape index (κ3) is 4.15. The molecule has 132 valence electrons. The summed E-state index contributed by atoms with van der Waals surface area (Å²) in [5.74, 6) is 0.623. The molecule has 0 N–H and O–H groups in total. The molecule has 0 saturated heterocycles. The Labute approximate surface area is 162 Å². The molecule has 0 fully saturated rings. The number of halogens is 1. The van der Waals surface area contributed by atoms with Crippen molar-refractivity contribution in [1.82, 2.24) is 4.98 Å². The highest BCUT2D eigenvalue weighted by molar-refractivity contribution is 6.30. The van der Waals surface area contributed by atoms with Crippen LogP contribution in [0.2, 0.25) is 5.02 Å². The lowest BCUT2D eigenvalue weighted by atomic mass is 10.1. The monoisotopic (exact) mass is 372 g/mol. The highest BCUT2D eigenvalue weighted by Crippen LogP contribution is 2.27. The number of nitrogens with zero attached hydrogens (tertiary/aromatic N) is 2. The molecular formula is C23H17ClN2O. The predicted octanol–water partition coefficient (Wildman–Crippen LogP) is 6.87. The van der Waals surface area contributed by atoms with Crippen molar-refractivity contribution in [3.8, 4) is 11.5 Å². The molecule has 3 aromatic carbocycles. The second kappa shape index (κ2) is 7.60. The third-order valence-electron chi connectivity index (χ3n) is 4.10. The van der Waals surface area contributed by atoms with Gasteiger partial charge >= 0.3 is 0 Å². The number of aromatic nitrogens is 1. The standard InChI is InChI=1S/C23H17ClN2O/c1-16-4-2-6-18(14-16)23-26-21-15-20(11-12-22(21)27-23)25-13-3-5-17-7-9-19(24)10-8-17/h2-15H,1H3/b5-3+,25-13?. The van der Waals surface area contributed by atoms with Crippen molar-refractivity contribution in [3.05, 3.63) is 89.0 Å². The van der Waals surface area contributed by atoms with E-state index in [1.54, 1.807) is 6.21 Å². The van der Waals surface area contributed by atoms with Crippen molar-refractivity contribution in [2.45, 2.75) is 6.92 Å². The van der Waals surface area contributed by atoms with Gasteiger partial charge in [0, 0.05) is 16.8 Å². The maximum Gasteiger partial charge on any atom is 0.227 e. The predicted molar refractivity (Wildman–Crippen MR) is 113 cm³/mol. The topological polar surface area (TPSA) is 38.4 Å². The minimum Gasteiger partial charge on any atom is -0.436 e.